The molecule has 1 aliphatic rings. The third-order valence-electron chi connectivity index (χ3n) is 3.58. The Labute approximate surface area is 123 Å². The van der Waals surface area contributed by atoms with E-state index in [-0.39, 0.29) is 5.78 Å². The Hall–Kier alpha value is -2.43. The number of methoxy groups -OCH3 is 1. The molecule has 0 saturated carbocycles. The first kappa shape index (κ1) is 13.5. The van der Waals surface area contributed by atoms with Crippen LogP contribution in [0.4, 0.5) is 11.6 Å². The molecule has 5 nitrogen and oxygen atoms in total. The Bertz CT molecular complexity index is 653. The molecule has 0 atom stereocenters. The second kappa shape index (κ2) is 5.91. The van der Waals surface area contributed by atoms with Crippen molar-refractivity contribution in [3.05, 3.63) is 41.7 Å². The van der Waals surface area contributed by atoms with E-state index >= 15 is 0 Å². The van der Waals surface area contributed by atoms with Crippen molar-refractivity contribution < 1.29 is 9.53 Å². The molecule has 0 radical (unpaired) electrons. The van der Waals surface area contributed by atoms with Crippen molar-refractivity contribution in [3.63, 3.8) is 0 Å². The first-order valence-corrected chi connectivity index (χ1v) is 7.06. The number of anilines is 2. The van der Waals surface area contributed by atoms with E-state index in [1.54, 1.807) is 13.3 Å². The van der Waals surface area contributed by atoms with Gasteiger partial charge in [0.1, 0.15) is 5.75 Å². The first-order valence-electron chi connectivity index (χ1n) is 7.06. The van der Waals surface area contributed by atoms with E-state index in [2.05, 4.69) is 15.3 Å². The number of aromatic nitrogens is 2. The van der Waals surface area contributed by atoms with Crippen molar-refractivity contribution in [2.24, 2.45) is 0 Å². The van der Waals surface area contributed by atoms with Gasteiger partial charge in [-0.05, 0) is 43.5 Å². The zero-order valence-electron chi connectivity index (χ0n) is 11.9. The largest absolute Gasteiger partial charge is 0.497 e. The van der Waals surface area contributed by atoms with Gasteiger partial charge in [0.2, 0.25) is 5.95 Å². The van der Waals surface area contributed by atoms with Crippen molar-refractivity contribution in [1.82, 2.24) is 9.97 Å². The third-order valence-corrected chi connectivity index (χ3v) is 3.58. The zero-order valence-corrected chi connectivity index (χ0v) is 11.9. The lowest BCUT2D eigenvalue weighted by Crippen LogP contribution is -2.06. The normalized spacial score (nSPS) is 14.2. The second-order valence-electron chi connectivity index (χ2n) is 5.04. The fraction of sp³-hybridized carbons (Fsp3) is 0.312. The lowest BCUT2D eigenvalue weighted by atomic mass is 10.1. The predicted octanol–water partition coefficient (Wildman–Crippen LogP) is 3.14. The molecule has 1 N–H and O–H groups in total. The Kier molecular flexibility index (Phi) is 3.81. The van der Waals surface area contributed by atoms with Gasteiger partial charge in [0.05, 0.1) is 18.4 Å². The average Bonchev–Trinajstić information content (AvgIpc) is 2.70. The van der Waals surface area contributed by atoms with Gasteiger partial charge < -0.3 is 10.1 Å². The van der Waals surface area contributed by atoms with Crippen LogP contribution in [0.2, 0.25) is 0 Å². The van der Waals surface area contributed by atoms with E-state index in [0.29, 0.717) is 17.9 Å². The molecule has 5 heteroatoms. The van der Waals surface area contributed by atoms with Gasteiger partial charge in [-0.1, -0.05) is 0 Å². The van der Waals surface area contributed by atoms with Crippen molar-refractivity contribution >= 4 is 17.4 Å². The summed E-state index contributed by atoms with van der Waals surface area (Å²) in [4.78, 5) is 20.7. The summed E-state index contributed by atoms with van der Waals surface area (Å²) in [6, 6.07) is 7.54. The van der Waals surface area contributed by atoms with Gasteiger partial charge in [0, 0.05) is 18.3 Å². The zero-order chi connectivity index (χ0) is 14.7. The van der Waals surface area contributed by atoms with Crippen LogP contribution in [0, 0.1) is 0 Å². The van der Waals surface area contributed by atoms with Crippen LogP contribution in [0.3, 0.4) is 0 Å². The number of benzene rings is 1. The molecule has 3 rings (SSSR count). The quantitative estimate of drug-likeness (QED) is 0.877. The van der Waals surface area contributed by atoms with Crippen LogP contribution >= 0.6 is 0 Å². The Morgan fingerprint density at radius 3 is 2.67 bits per heavy atom. The maximum absolute atomic E-state index is 11.9. The molecular weight excluding hydrogens is 266 g/mol. The van der Waals surface area contributed by atoms with E-state index in [4.69, 9.17) is 4.74 Å². The van der Waals surface area contributed by atoms with Crippen LogP contribution in [0.5, 0.6) is 5.75 Å². The second-order valence-corrected chi connectivity index (χ2v) is 5.04. The number of fused-ring (bicyclic) bond motifs is 1. The Morgan fingerprint density at radius 2 is 1.90 bits per heavy atom. The van der Waals surface area contributed by atoms with Gasteiger partial charge >= 0.3 is 0 Å². The first-order chi connectivity index (χ1) is 10.3. The molecule has 0 unspecified atom stereocenters. The monoisotopic (exact) mass is 283 g/mol. The summed E-state index contributed by atoms with van der Waals surface area (Å²) < 4.78 is 5.12. The van der Waals surface area contributed by atoms with Crippen molar-refractivity contribution in [1.29, 1.82) is 0 Å². The van der Waals surface area contributed by atoms with Crippen LogP contribution in [0.1, 0.15) is 35.3 Å². The van der Waals surface area contributed by atoms with Crippen molar-refractivity contribution in [3.8, 4) is 5.75 Å². The molecule has 21 heavy (non-hydrogen) atoms. The maximum Gasteiger partial charge on any atom is 0.227 e. The summed E-state index contributed by atoms with van der Waals surface area (Å²) in [5, 5.41) is 3.15. The number of carbonyl (C=O) groups excluding carboxylic acids is 1. The third kappa shape index (κ3) is 3.02. The van der Waals surface area contributed by atoms with E-state index < -0.39 is 0 Å². The van der Waals surface area contributed by atoms with E-state index in [1.165, 1.54) is 0 Å². The minimum Gasteiger partial charge on any atom is -0.497 e. The van der Waals surface area contributed by atoms with Crippen LogP contribution in [0.25, 0.3) is 0 Å². The van der Waals surface area contributed by atoms with Gasteiger partial charge in [0.25, 0.3) is 0 Å². The summed E-state index contributed by atoms with van der Waals surface area (Å²) in [5.41, 5.74) is 2.41. The van der Waals surface area contributed by atoms with Gasteiger partial charge in [-0.2, -0.15) is 0 Å². The highest BCUT2D eigenvalue weighted by Gasteiger charge is 2.17. The molecule has 0 amide bonds. The topological polar surface area (TPSA) is 64.1 Å². The molecule has 1 heterocycles. The average molecular weight is 283 g/mol. The van der Waals surface area contributed by atoms with E-state index in [0.717, 1.165) is 36.4 Å². The molecule has 1 aromatic carbocycles. The van der Waals surface area contributed by atoms with E-state index in [1.807, 2.05) is 24.3 Å². The molecule has 0 saturated heterocycles. The van der Waals surface area contributed by atoms with Crippen LogP contribution in [-0.4, -0.2) is 22.9 Å². The van der Waals surface area contributed by atoms with E-state index in [9.17, 15) is 4.79 Å². The SMILES string of the molecule is COc1ccc(Nc2ncc3c(n2)CCCCC3=O)cc1. The number of rotatable bonds is 3. The Morgan fingerprint density at radius 1 is 1.14 bits per heavy atom. The molecular formula is C16H17N3O2. The number of hydrogen-bond donors (Lipinski definition) is 1. The lowest BCUT2D eigenvalue weighted by molar-refractivity contribution is 0.0981. The molecule has 0 bridgehead atoms. The number of aryl methyl sites for hydroxylation is 1. The molecule has 2 aromatic rings. The number of ether oxygens (including phenoxy) is 1. The molecule has 108 valence electrons. The lowest BCUT2D eigenvalue weighted by Gasteiger charge is -2.09. The smallest absolute Gasteiger partial charge is 0.227 e. The summed E-state index contributed by atoms with van der Waals surface area (Å²) in [7, 11) is 1.63. The number of ketones is 1. The summed E-state index contributed by atoms with van der Waals surface area (Å²) in [6.07, 6.45) is 5.00. The summed E-state index contributed by atoms with van der Waals surface area (Å²) in [6.45, 7) is 0. The summed E-state index contributed by atoms with van der Waals surface area (Å²) >= 11 is 0. The summed E-state index contributed by atoms with van der Waals surface area (Å²) in [5.74, 6) is 1.47. The van der Waals surface area contributed by atoms with Crippen molar-refractivity contribution in [2.45, 2.75) is 25.7 Å². The maximum atomic E-state index is 11.9. The minimum absolute atomic E-state index is 0.151. The Balaban J connectivity index is 1.82. The molecule has 1 aliphatic carbocycles. The molecule has 1 aromatic heterocycles. The van der Waals surface area contributed by atoms with Crippen molar-refractivity contribution in [2.75, 3.05) is 12.4 Å². The standard InChI is InChI=1S/C16H17N3O2/c1-21-12-8-6-11(7-9-12)18-16-17-10-13-14(19-16)4-2-3-5-15(13)20/h6-10H,2-5H2,1H3,(H,17,18,19). The van der Waals surface area contributed by atoms with Gasteiger partial charge in [-0.15, -0.1) is 0 Å². The molecule has 0 spiro atoms. The number of Topliss-reactive ketones (excluding diaryl/α,β-unsaturated/α-hetero) is 1. The number of hydrogen-bond acceptors (Lipinski definition) is 5. The minimum atomic E-state index is 0.151. The molecule has 0 fully saturated rings. The number of nitrogens with zero attached hydrogens (tertiary/aromatic N) is 2. The van der Waals surface area contributed by atoms with Gasteiger partial charge in [-0.3, -0.25) is 4.79 Å². The van der Waals surface area contributed by atoms with Gasteiger partial charge in [0.15, 0.2) is 5.78 Å². The van der Waals surface area contributed by atoms with Gasteiger partial charge in [-0.25, -0.2) is 9.97 Å². The number of nitrogens with one attached hydrogen (secondary N) is 1. The number of carbonyl (C=O) groups is 1. The van der Waals surface area contributed by atoms with Crippen LogP contribution in [-0.2, 0) is 6.42 Å². The highest BCUT2D eigenvalue weighted by atomic mass is 16.5. The van der Waals surface area contributed by atoms with Crippen LogP contribution < -0.4 is 10.1 Å². The predicted molar refractivity (Wildman–Crippen MR) is 80.2 cm³/mol. The highest BCUT2D eigenvalue weighted by molar-refractivity contribution is 5.97. The molecule has 0 aliphatic heterocycles. The highest BCUT2D eigenvalue weighted by Crippen LogP contribution is 2.22. The van der Waals surface area contributed by atoms with Crippen LogP contribution in [0.15, 0.2) is 30.5 Å². The fourth-order valence-corrected chi connectivity index (χ4v) is 2.42. The fourth-order valence-electron chi connectivity index (χ4n) is 2.42.